The van der Waals surface area contributed by atoms with Crippen molar-refractivity contribution < 1.29 is 13.2 Å². The first-order valence-electron chi connectivity index (χ1n) is 7.45. The summed E-state index contributed by atoms with van der Waals surface area (Å²) in [6.07, 6.45) is 3.08. The predicted octanol–water partition coefficient (Wildman–Crippen LogP) is 3.42. The van der Waals surface area contributed by atoms with E-state index in [0.29, 0.717) is 16.3 Å². The van der Waals surface area contributed by atoms with E-state index in [1.807, 2.05) is 14.1 Å². The number of halogens is 1. The molecule has 5 nitrogen and oxygen atoms in total. The van der Waals surface area contributed by atoms with Crippen LogP contribution in [0.4, 0.5) is 5.69 Å². The number of sulfonamides is 1. The lowest BCUT2D eigenvalue weighted by atomic mass is 10.1. The fourth-order valence-corrected chi connectivity index (χ4v) is 3.58. The normalized spacial score (nSPS) is 11.5. The Kier molecular flexibility index (Phi) is 5.87. The number of benzene rings is 2. The third-order valence-electron chi connectivity index (χ3n) is 3.47. The SMILES string of the molecule is CN(C)/C=C/C(=O)c1cccc(N(C)S(=O)(=O)c2cccc(Cl)c2)c1. The zero-order valence-electron chi connectivity index (χ0n) is 14.2. The lowest BCUT2D eigenvalue weighted by Gasteiger charge is -2.20. The zero-order valence-corrected chi connectivity index (χ0v) is 15.8. The molecule has 0 unspecified atom stereocenters. The molecule has 0 aliphatic heterocycles. The van der Waals surface area contributed by atoms with E-state index in [-0.39, 0.29) is 10.7 Å². The highest BCUT2D eigenvalue weighted by molar-refractivity contribution is 7.92. The Labute approximate surface area is 153 Å². The first kappa shape index (κ1) is 19.0. The molecular formula is C18H19ClN2O3S. The smallest absolute Gasteiger partial charge is 0.264 e. The average molecular weight is 379 g/mol. The predicted molar refractivity (Wildman–Crippen MR) is 101 cm³/mol. The Morgan fingerprint density at radius 3 is 2.36 bits per heavy atom. The van der Waals surface area contributed by atoms with Gasteiger partial charge in [-0.1, -0.05) is 29.8 Å². The molecule has 2 aromatic rings. The number of hydrogen-bond acceptors (Lipinski definition) is 4. The van der Waals surface area contributed by atoms with Crippen LogP contribution in [0.5, 0.6) is 0 Å². The van der Waals surface area contributed by atoms with Crippen molar-refractivity contribution in [3.05, 3.63) is 71.4 Å². The van der Waals surface area contributed by atoms with Crippen LogP contribution in [0.2, 0.25) is 5.02 Å². The Hall–Kier alpha value is -2.31. The number of hydrogen-bond donors (Lipinski definition) is 0. The van der Waals surface area contributed by atoms with Crippen LogP contribution in [0.25, 0.3) is 0 Å². The molecule has 0 spiro atoms. The lowest BCUT2D eigenvalue weighted by molar-refractivity contribution is 0.104. The molecule has 0 N–H and O–H groups in total. The highest BCUT2D eigenvalue weighted by Crippen LogP contribution is 2.24. The summed E-state index contributed by atoms with van der Waals surface area (Å²) in [6.45, 7) is 0. The molecule has 0 saturated heterocycles. The number of allylic oxidation sites excluding steroid dienone is 1. The van der Waals surface area contributed by atoms with E-state index < -0.39 is 10.0 Å². The summed E-state index contributed by atoms with van der Waals surface area (Å²) < 4.78 is 26.6. The summed E-state index contributed by atoms with van der Waals surface area (Å²) in [5.41, 5.74) is 0.799. The molecular weight excluding hydrogens is 360 g/mol. The van der Waals surface area contributed by atoms with Gasteiger partial charge in [-0.15, -0.1) is 0 Å². The van der Waals surface area contributed by atoms with Crippen LogP contribution in [0.1, 0.15) is 10.4 Å². The first-order valence-corrected chi connectivity index (χ1v) is 9.27. The molecule has 0 heterocycles. The Morgan fingerprint density at radius 2 is 1.72 bits per heavy atom. The number of carbonyl (C=O) groups is 1. The molecule has 7 heteroatoms. The minimum absolute atomic E-state index is 0.0896. The summed E-state index contributed by atoms with van der Waals surface area (Å²) in [5, 5.41) is 0.340. The van der Waals surface area contributed by atoms with Gasteiger partial charge in [0.2, 0.25) is 0 Å². The zero-order chi connectivity index (χ0) is 18.6. The van der Waals surface area contributed by atoms with Gasteiger partial charge in [0.15, 0.2) is 5.78 Å². The second-order valence-electron chi connectivity index (χ2n) is 5.62. The highest BCUT2D eigenvalue weighted by atomic mass is 35.5. The molecule has 25 heavy (non-hydrogen) atoms. The topological polar surface area (TPSA) is 57.7 Å². The van der Waals surface area contributed by atoms with E-state index >= 15 is 0 Å². The van der Waals surface area contributed by atoms with E-state index in [4.69, 9.17) is 11.6 Å². The second kappa shape index (κ2) is 7.72. The molecule has 2 aromatic carbocycles. The van der Waals surface area contributed by atoms with E-state index in [9.17, 15) is 13.2 Å². The van der Waals surface area contributed by atoms with Crippen molar-refractivity contribution in [1.29, 1.82) is 0 Å². The van der Waals surface area contributed by atoms with Gasteiger partial charge in [-0.05, 0) is 30.3 Å². The lowest BCUT2D eigenvalue weighted by Crippen LogP contribution is -2.26. The Bertz CT molecular complexity index is 908. The molecule has 0 saturated carbocycles. The molecule has 2 rings (SSSR count). The van der Waals surface area contributed by atoms with Gasteiger partial charge in [-0.25, -0.2) is 8.42 Å². The summed E-state index contributed by atoms with van der Waals surface area (Å²) in [4.78, 5) is 14.0. The van der Waals surface area contributed by atoms with Crippen molar-refractivity contribution in [2.75, 3.05) is 25.4 Å². The van der Waals surface area contributed by atoms with Gasteiger partial charge in [-0.2, -0.15) is 0 Å². The van der Waals surface area contributed by atoms with Crippen molar-refractivity contribution >= 4 is 33.1 Å². The van der Waals surface area contributed by atoms with Gasteiger partial charge in [0.25, 0.3) is 10.0 Å². The van der Waals surface area contributed by atoms with E-state index in [2.05, 4.69) is 0 Å². The van der Waals surface area contributed by atoms with Crippen LogP contribution < -0.4 is 4.31 Å². The van der Waals surface area contributed by atoms with Gasteiger partial charge in [-0.3, -0.25) is 9.10 Å². The largest absolute Gasteiger partial charge is 0.383 e. The third kappa shape index (κ3) is 4.61. The molecule has 132 valence electrons. The van der Waals surface area contributed by atoms with Crippen molar-refractivity contribution in [3.63, 3.8) is 0 Å². The minimum atomic E-state index is -3.77. The van der Waals surface area contributed by atoms with E-state index in [0.717, 1.165) is 4.31 Å². The van der Waals surface area contributed by atoms with Gasteiger partial charge in [0, 0.05) is 44.0 Å². The van der Waals surface area contributed by atoms with Gasteiger partial charge < -0.3 is 4.90 Å². The summed E-state index contributed by atoms with van der Waals surface area (Å²) in [6, 6.07) is 12.5. The van der Waals surface area contributed by atoms with Crippen molar-refractivity contribution in [2.24, 2.45) is 0 Å². The molecule has 0 radical (unpaired) electrons. The third-order valence-corrected chi connectivity index (χ3v) is 5.49. The number of carbonyl (C=O) groups excluding carboxylic acids is 1. The molecule has 0 fully saturated rings. The molecule has 0 aliphatic rings. The highest BCUT2D eigenvalue weighted by Gasteiger charge is 2.22. The molecule has 0 bridgehead atoms. The summed E-state index contributed by atoms with van der Waals surface area (Å²) in [7, 11) is 1.29. The van der Waals surface area contributed by atoms with Crippen molar-refractivity contribution in [3.8, 4) is 0 Å². The number of anilines is 1. The van der Waals surface area contributed by atoms with Gasteiger partial charge in [0.05, 0.1) is 10.6 Å². The van der Waals surface area contributed by atoms with E-state index in [1.54, 1.807) is 47.5 Å². The van der Waals surface area contributed by atoms with Crippen LogP contribution in [0.15, 0.2) is 65.7 Å². The van der Waals surface area contributed by atoms with Crippen LogP contribution in [0, 0.1) is 0 Å². The quantitative estimate of drug-likeness (QED) is 0.571. The first-order chi connectivity index (χ1) is 11.7. The van der Waals surface area contributed by atoms with Crippen LogP contribution in [-0.2, 0) is 10.0 Å². The minimum Gasteiger partial charge on any atom is -0.383 e. The monoisotopic (exact) mass is 378 g/mol. The van der Waals surface area contributed by atoms with Crippen molar-refractivity contribution in [1.82, 2.24) is 4.90 Å². The van der Waals surface area contributed by atoms with Gasteiger partial charge in [0.1, 0.15) is 0 Å². The van der Waals surface area contributed by atoms with Crippen LogP contribution in [-0.4, -0.2) is 40.2 Å². The Morgan fingerprint density at radius 1 is 1.04 bits per heavy atom. The molecule has 0 atom stereocenters. The number of rotatable bonds is 6. The van der Waals surface area contributed by atoms with Crippen molar-refractivity contribution in [2.45, 2.75) is 4.90 Å². The second-order valence-corrected chi connectivity index (χ2v) is 8.03. The number of ketones is 1. The summed E-state index contributed by atoms with van der Waals surface area (Å²) >= 11 is 5.89. The molecule has 0 amide bonds. The fraction of sp³-hybridized carbons (Fsp3) is 0.167. The fourth-order valence-electron chi connectivity index (χ4n) is 2.09. The summed E-state index contributed by atoms with van der Waals surface area (Å²) in [5.74, 6) is -0.205. The number of nitrogens with zero attached hydrogens (tertiary/aromatic N) is 2. The van der Waals surface area contributed by atoms with Gasteiger partial charge >= 0.3 is 0 Å². The molecule has 0 aromatic heterocycles. The standard InChI is InChI=1S/C18H19ClN2O3S/c1-20(2)11-10-18(22)14-6-4-8-16(12-14)21(3)25(23,24)17-9-5-7-15(19)13-17/h4-13H,1-3H3/b11-10+. The van der Waals surface area contributed by atoms with Crippen LogP contribution >= 0.6 is 11.6 Å². The maximum Gasteiger partial charge on any atom is 0.264 e. The van der Waals surface area contributed by atoms with Crippen LogP contribution in [0.3, 0.4) is 0 Å². The molecule has 0 aliphatic carbocycles. The maximum absolute atomic E-state index is 12.7. The maximum atomic E-state index is 12.7. The average Bonchev–Trinajstić information content (AvgIpc) is 2.59. The Balaban J connectivity index is 2.35. The van der Waals surface area contributed by atoms with E-state index in [1.165, 1.54) is 25.3 Å².